The minimum atomic E-state index is 0.331. The second kappa shape index (κ2) is 13.3. The van der Waals surface area contributed by atoms with E-state index in [-0.39, 0.29) is 0 Å². The molecule has 1 heterocycles. The Morgan fingerprint density at radius 3 is 1.46 bits per heavy atom. The van der Waals surface area contributed by atoms with Crippen LogP contribution in [0.25, 0.3) is 67.5 Å². The largest absolute Gasteiger partial charge is 0.208 e. The average Bonchev–Trinajstić information content (AvgIpc) is 3.23. The molecule has 0 radical (unpaired) electrons. The van der Waals surface area contributed by atoms with Crippen molar-refractivity contribution in [3.05, 3.63) is 163 Å². The van der Waals surface area contributed by atoms with Crippen molar-refractivity contribution in [2.24, 2.45) is 17.8 Å². The Morgan fingerprint density at radius 1 is 0.407 bits per heavy atom. The third-order valence-electron chi connectivity index (χ3n) is 12.3. The van der Waals surface area contributed by atoms with Crippen molar-refractivity contribution in [3.8, 4) is 73.6 Å². The van der Waals surface area contributed by atoms with Gasteiger partial charge in [0.05, 0.1) is 11.6 Å². The molecule has 4 aliphatic rings. The first kappa shape index (κ1) is 32.5. The Morgan fingerprint density at radius 2 is 0.852 bits per heavy atom. The highest BCUT2D eigenvalue weighted by Gasteiger charge is 2.51. The first-order valence-electron chi connectivity index (χ1n) is 19.3. The molecule has 4 saturated carbocycles. The van der Waals surface area contributed by atoms with Crippen LogP contribution in [0, 0.1) is 29.1 Å². The maximum atomic E-state index is 9.71. The van der Waals surface area contributed by atoms with Crippen LogP contribution in [0.3, 0.4) is 0 Å². The van der Waals surface area contributed by atoms with Crippen molar-refractivity contribution >= 4 is 0 Å². The number of aromatic nitrogens is 3. The molecule has 6 aromatic carbocycles. The first-order valence-corrected chi connectivity index (χ1v) is 19.3. The first-order chi connectivity index (χ1) is 26.6. The van der Waals surface area contributed by atoms with Crippen LogP contribution in [0.1, 0.15) is 49.7 Å². The molecule has 54 heavy (non-hydrogen) atoms. The van der Waals surface area contributed by atoms with E-state index in [1.165, 1.54) is 44.1 Å². The fraction of sp³-hybridized carbons (Fsp3) is 0.200. The van der Waals surface area contributed by atoms with Gasteiger partial charge >= 0.3 is 0 Å². The zero-order valence-corrected chi connectivity index (χ0v) is 30.2. The summed E-state index contributed by atoms with van der Waals surface area (Å²) in [5, 5.41) is 9.71. The second-order valence-electron chi connectivity index (χ2n) is 15.9. The Balaban J connectivity index is 1.12. The Labute approximate surface area is 317 Å². The van der Waals surface area contributed by atoms with Gasteiger partial charge in [0.15, 0.2) is 17.5 Å². The molecule has 0 atom stereocenters. The topological polar surface area (TPSA) is 62.5 Å². The number of nitriles is 1. The van der Waals surface area contributed by atoms with Crippen molar-refractivity contribution in [2.75, 3.05) is 0 Å². The van der Waals surface area contributed by atoms with Crippen molar-refractivity contribution in [1.29, 1.82) is 5.26 Å². The van der Waals surface area contributed by atoms with Crippen LogP contribution in [-0.2, 0) is 5.41 Å². The molecule has 0 amide bonds. The number of benzene rings is 6. The summed E-state index contributed by atoms with van der Waals surface area (Å²) in [6.07, 6.45) is 8.34. The van der Waals surface area contributed by atoms with E-state index in [4.69, 9.17) is 15.0 Å². The van der Waals surface area contributed by atoms with Crippen LogP contribution >= 0.6 is 0 Å². The molecule has 260 valence electrons. The maximum absolute atomic E-state index is 9.71. The predicted molar refractivity (Wildman–Crippen MR) is 217 cm³/mol. The maximum Gasteiger partial charge on any atom is 0.164 e. The standard InChI is InChI=1S/C50H40N4/c51-32-33-9-7-14-40(24-33)44-26-43(38-12-5-2-6-13-38)27-45(28-44)49-53-47(52-48(54-49)42-16-8-15-41(25-42)37-10-3-1-4-11-37)39-17-19-46(20-18-39)50-29-34-21-35(30-50)23-36(22-34)31-50/h1-20,24-28,34-36H,21-23,29-31H2. The highest BCUT2D eigenvalue weighted by molar-refractivity contribution is 5.81. The summed E-state index contributed by atoms with van der Waals surface area (Å²) in [5.74, 6) is 4.60. The zero-order valence-electron chi connectivity index (χ0n) is 30.2. The number of hydrogen-bond donors (Lipinski definition) is 0. The lowest BCUT2D eigenvalue weighted by molar-refractivity contribution is -0.00518. The van der Waals surface area contributed by atoms with Gasteiger partial charge in [0, 0.05) is 16.7 Å². The minimum Gasteiger partial charge on any atom is -0.208 e. The van der Waals surface area contributed by atoms with Crippen LogP contribution in [0.4, 0.5) is 0 Å². The van der Waals surface area contributed by atoms with E-state index >= 15 is 0 Å². The molecule has 0 unspecified atom stereocenters. The van der Waals surface area contributed by atoms with Gasteiger partial charge in [-0.25, -0.2) is 15.0 Å². The van der Waals surface area contributed by atoms with E-state index in [1.54, 1.807) is 0 Å². The molecule has 4 bridgehead atoms. The summed E-state index contributed by atoms with van der Waals surface area (Å²) < 4.78 is 0. The Hall–Kier alpha value is -6.18. The fourth-order valence-corrected chi connectivity index (χ4v) is 10.2. The highest BCUT2D eigenvalue weighted by atomic mass is 15.0. The summed E-state index contributed by atoms with van der Waals surface area (Å²) in [6.45, 7) is 0. The van der Waals surface area contributed by atoms with Crippen LogP contribution < -0.4 is 0 Å². The van der Waals surface area contributed by atoms with E-state index < -0.39 is 0 Å². The summed E-state index contributed by atoms with van der Waals surface area (Å²) in [4.78, 5) is 15.6. The van der Waals surface area contributed by atoms with Crippen LogP contribution in [-0.4, -0.2) is 15.0 Å². The Bertz CT molecular complexity index is 2500. The molecule has 4 aliphatic carbocycles. The SMILES string of the molecule is N#Cc1cccc(-c2cc(-c3ccccc3)cc(-c3nc(-c4ccc(C56CC7CC(CC(C7)C5)C6)cc4)nc(-c4cccc(-c5ccccc5)c4)n3)c2)c1. The van der Waals surface area contributed by atoms with E-state index in [9.17, 15) is 5.26 Å². The third kappa shape index (κ3) is 6.10. The second-order valence-corrected chi connectivity index (χ2v) is 15.9. The van der Waals surface area contributed by atoms with Crippen LogP contribution in [0.15, 0.2) is 152 Å². The van der Waals surface area contributed by atoms with E-state index in [0.717, 1.165) is 67.8 Å². The van der Waals surface area contributed by atoms with E-state index in [0.29, 0.717) is 28.5 Å². The molecule has 11 rings (SSSR count). The van der Waals surface area contributed by atoms with Crippen molar-refractivity contribution in [2.45, 2.75) is 43.9 Å². The van der Waals surface area contributed by atoms with Gasteiger partial charge in [0.2, 0.25) is 0 Å². The highest BCUT2D eigenvalue weighted by Crippen LogP contribution is 2.60. The monoisotopic (exact) mass is 696 g/mol. The van der Waals surface area contributed by atoms with Gasteiger partial charge in [0.1, 0.15) is 0 Å². The van der Waals surface area contributed by atoms with Crippen molar-refractivity contribution < 1.29 is 0 Å². The summed E-state index contributed by atoms with van der Waals surface area (Å²) in [5.41, 5.74) is 11.7. The van der Waals surface area contributed by atoms with Gasteiger partial charge < -0.3 is 0 Å². The van der Waals surface area contributed by atoms with Crippen LogP contribution in [0.5, 0.6) is 0 Å². The lowest BCUT2D eigenvalue weighted by Gasteiger charge is -2.57. The average molecular weight is 697 g/mol. The van der Waals surface area contributed by atoms with Gasteiger partial charge in [-0.2, -0.15) is 5.26 Å². The Kier molecular flexibility index (Phi) is 8.02. The smallest absolute Gasteiger partial charge is 0.164 e. The molecule has 4 heteroatoms. The molecule has 0 N–H and O–H groups in total. The molecule has 0 spiro atoms. The number of hydrogen-bond acceptors (Lipinski definition) is 4. The zero-order chi connectivity index (χ0) is 36.1. The van der Waals surface area contributed by atoms with Gasteiger partial charge in [-0.15, -0.1) is 0 Å². The van der Waals surface area contributed by atoms with Crippen molar-refractivity contribution in [1.82, 2.24) is 15.0 Å². The van der Waals surface area contributed by atoms with Crippen LogP contribution in [0.2, 0.25) is 0 Å². The lowest BCUT2D eigenvalue weighted by atomic mass is 9.48. The molecule has 4 nitrogen and oxygen atoms in total. The molecule has 7 aromatic rings. The number of rotatable bonds is 7. The summed E-state index contributed by atoms with van der Waals surface area (Å²) in [6, 6.07) is 55.1. The fourth-order valence-electron chi connectivity index (χ4n) is 10.2. The lowest BCUT2D eigenvalue weighted by Crippen LogP contribution is -2.48. The summed E-state index contributed by atoms with van der Waals surface area (Å²) in [7, 11) is 0. The third-order valence-corrected chi connectivity index (χ3v) is 12.3. The van der Waals surface area contributed by atoms with Gasteiger partial charge in [0.25, 0.3) is 0 Å². The molecular formula is C50H40N4. The molecule has 1 aromatic heterocycles. The molecular weight excluding hydrogens is 657 g/mol. The molecule has 0 saturated heterocycles. The quantitative estimate of drug-likeness (QED) is 0.166. The van der Waals surface area contributed by atoms with Crippen molar-refractivity contribution in [3.63, 3.8) is 0 Å². The summed E-state index contributed by atoms with van der Waals surface area (Å²) >= 11 is 0. The molecule has 4 fully saturated rings. The minimum absolute atomic E-state index is 0.331. The van der Waals surface area contributed by atoms with Gasteiger partial charge in [-0.05, 0) is 137 Å². The van der Waals surface area contributed by atoms with Gasteiger partial charge in [-0.1, -0.05) is 115 Å². The molecule has 0 aliphatic heterocycles. The predicted octanol–water partition coefficient (Wildman–Crippen LogP) is 12.2. The van der Waals surface area contributed by atoms with E-state index in [2.05, 4.69) is 127 Å². The van der Waals surface area contributed by atoms with Gasteiger partial charge in [-0.3, -0.25) is 0 Å². The number of nitrogens with zero attached hydrogens (tertiary/aromatic N) is 4. The normalized spacial score (nSPS) is 21.1. The van der Waals surface area contributed by atoms with E-state index in [1.807, 2.05) is 30.3 Å².